The molecular weight excluding hydrogens is 429 g/mol. The van der Waals surface area contributed by atoms with E-state index < -0.39 is 17.6 Å². The van der Waals surface area contributed by atoms with E-state index in [-0.39, 0.29) is 5.69 Å². The zero-order chi connectivity index (χ0) is 23.8. The second-order valence-corrected chi connectivity index (χ2v) is 8.78. The fraction of sp³-hybridized carbons (Fsp3) is 0.214. The van der Waals surface area contributed by atoms with E-state index in [0.29, 0.717) is 24.4 Å². The van der Waals surface area contributed by atoms with Crippen LogP contribution in [0.1, 0.15) is 16.7 Å². The molecule has 2 heterocycles. The summed E-state index contributed by atoms with van der Waals surface area (Å²) in [6.07, 6.45) is 0. The first-order valence-corrected chi connectivity index (χ1v) is 11.5. The molecule has 1 saturated heterocycles. The van der Waals surface area contributed by atoms with Gasteiger partial charge in [-0.3, -0.25) is 9.59 Å². The third-order valence-corrected chi connectivity index (χ3v) is 6.49. The summed E-state index contributed by atoms with van der Waals surface area (Å²) in [6, 6.07) is 21.7. The molecular formula is C28H26FN3O2. The molecule has 34 heavy (non-hydrogen) atoms. The number of benzene rings is 3. The van der Waals surface area contributed by atoms with Crippen LogP contribution in [-0.2, 0) is 9.59 Å². The molecule has 5 nitrogen and oxygen atoms in total. The third-order valence-electron chi connectivity index (χ3n) is 6.49. The van der Waals surface area contributed by atoms with Gasteiger partial charge < -0.3 is 9.80 Å². The number of amides is 2. The van der Waals surface area contributed by atoms with Gasteiger partial charge in [-0.25, -0.2) is 9.29 Å². The van der Waals surface area contributed by atoms with Crippen molar-refractivity contribution < 1.29 is 14.0 Å². The van der Waals surface area contributed by atoms with Gasteiger partial charge in [0.2, 0.25) is 0 Å². The Labute approximate surface area is 198 Å². The molecule has 6 heteroatoms. The van der Waals surface area contributed by atoms with Crippen molar-refractivity contribution in [3.05, 3.63) is 101 Å². The third kappa shape index (κ3) is 3.85. The predicted octanol–water partition coefficient (Wildman–Crippen LogP) is 4.55. The molecule has 0 spiro atoms. The highest BCUT2D eigenvalue weighted by atomic mass is 19.1. The van der Waals surface area contributed by atoms with Crippen molar-refractivity contribution in [2.24, 2.45) is 0 Å². The van der Waals surface area contributed by atoms with Gasteiger partial charge in [-0.15, -0.1) is 0 Å². The zero-order valence-electron chi connectivity index (χ0n) is 19.3. The fourth-order valence-corrected chi connectivity index (χ4v) is 4.83. The van der Waals surface area contributed by atoms with Gasteiger partial charge in [0.05, 0.1) is 11.3 Å². The molecule has 0 N–H and O–H groups in total. The number of halogens is 1. The summed E-state index contributed by atoms with van der Waals surface area (Å²) < 4.78 is 14.0. The first kappa shape index (κ1) is 21.9. The lowest BCUT2D eigenvalue weighted by Gasteiger charge is -2.37. The number of carbonyl (C=O) groups excluding carboxylic acids is 2. The zero-order valence-corrected chi connectivity index (χ0v) is 19.3. The van der Waals surface area contributed by atoms with Crippen molar-refractivity contribution in [3.8, 4) is 0 Å². The number of rotatable bonds is 4. The number of aryl methyl sites for hydroxylation is 2. The van der Waals surface area contributed by atoms with Crippen LogP contribution in [-0.4, -0.2) is 42.9 Å². The van der Waals surface area contributed by atoms with E-state index in [1.807, 2.05) is 55.1 Å². The first-order chi connectivity index (χ1) is 16.4. The normalized spacial score (nSPS) is 16.6. The lowest BCUT2D eigenvalue weighted by Crippen LogP contribution is -2.47. The van der Waals surface area contributed by atoms with E-state index in [1.165, 1.54) is 18.2 Å². The topological polar surface area (TPSA) is 43.9 Å². The van der Waals surface area contributed by atoms with Crippen LogP contribution in [0.4, 0.5) is 15.8 Å². The second-order valence-electron chi connectivity index (χ2n) is 8.78. The van der Waals surface area contributed by atoms with Crippen LogP contribution in [0.2, 0.25) is 0 Å². The van der Waals surface area contributed by atoms with Crippen LogP contribution in [0.3, 0.4) is 0 Å². The van der Waals surface area contributed by atoms with E-state index in [4.69, 9.17) is 0 Å². The Morgan fingerprint density at radius 2 is 1.38 bits per heavy atom. The van der Waals surface area contributed by atoms with Crippen LogP contribution in [0, 0.1) is 19.7 Å². The Bertz CT molecular complexity index is 1290. The van der Waals surface area contributed by atoms with Gasteiger partial charge in [-0.05, 0) is 55.3 Å². The molecule has 2 amide bonds. The van der Waals surface area contributed by atoms with Gasteiger partial charge in [0.25, 0.3) is 11.8 Å². The van der Waals surface area contributed by atoms with Crippen LogP contribution >= 0.6 is 0 Å². The van der Waals surface area contributed by atoms with E-state index in [1.54, 1.807) is 6.07 Å². The van der Waals surface area contributed by atoms with E-state index >= 15 is 0 Å². The molecule has 172 valence electrons. The maximum absolute atomic E-state index is 14.0. The highest BCUT2D eigenvalue weighted by Gasteiger charge is 2.43. The maximum Gasteiger partial charge on any atom is 0.282 e. The molecule has 3 aromatic carbocycles. The molecule has 0 aromatic heterocycles. The molecule has 3 aromatic rings. The molecule has 1 fully saturated rings. The molecule has 0 radical (unpaired) electrons. The monoisotopic (exact) mass is 455 g/mol. The highest BCUT2D eigenvalue weighted by Crippen LogP contribution is 2.37. The number of anilines is 2. The Balaban J connectivity index is 1.54. The number of carbonyl (C=O) groups is 2. The number of imide groups is 1. The quantitative estimate of drug-likeness (QED) is 0.542. The van der Waals surface area contributed by atoms with Crippen molar-refractivity contribution in [2.45, 2.75) is 13.8 Å². The SMILES string of the molecule is Cc1ccc(C2=C(N3CCN(c4ccccc4)CC3)C(=O)N(c3cccc(F)c3)C2=O)c(C)c1. The smallest absolute Gasteiger partial charge is 0.282 e. The van der Waals surface area contributed by atoms with Crippen molar-refractivity contribution in [1.82, 2.24) is 4.90 Å². The summed E-state index contributed by atoms with van der Waals surface area (Å²) in [6.45, 7) is 6.62. The van der Waals surface area contributed by atoms with Crippen molar-refractivity contribution >= 4 is 28.8 Å². The molecule has 2 aliphatic rings. The summed E-state index contributed by atoms with van der Waals surface area (Å²) in [5.41, 5.74) is 4.92. The molecule has 0 bridgehead atoms. The maximum atomic E-state index is 14.0. The Morgan fingerprint density at radius 1 is 0.706 bits per heavy atom. The predicted molar refractivity (Wildman–Crippen MR) is 132 cm³/mol. The Kier molecular flexibility index (Phi) is 5.65. The largest absolute Gasteiger partial charge is 0.368 e. The van der Waals surface area contributed by atoms with E-state index in [0.717, 1.165) is 40.4 Å². The average Bonchev–Trinajstić information content (AvgIpc) is 3.09. The van der Waals surface area contributed by atoms with Crippen LogP contribution in [0.15, 0.2) is 78.5 Å². The molecule has 0 aliphatic carbocycles. The van der Waals surface area contributed by atoms with Gasteiger partial charge in [-0.1, -0.05) is 48.0 Å². The van der Waals surface area contributed by atoms with Crippen molar-refractivity contribution in [2.75, 3.05) is 36.0 Å². The van der Waals surface area contributed by atoms with Gasteiger partial charge in [0, 0.05) is 31.9 Å². The van der Waals surface area contributed by atoms with Crippen LogP contribution in [0.25, 0.3) is 5.57 Å². The second kappa shape index (κ2) is 8.78. The summed E-state index contributed by atoms with van der Waals surface area (Å²) in [4.78, 5) is 32.8. The molecule has 5 rings (SSSR count). The minimum Gasteiger partial charge on any atom is -0.368 e. The molecule has 2 aliphatic heterocycles. The Morgan fingerprint density at radius 3 is 2.06 bits per heavy atom. The minimum absolute atomic E-state index is 0.246. The highest BCUT2D eigenvalue weighted by molar-refractivity contribution is 6.45. The molecule has 0 saturated carbocycles. The van der Waals surface area contributed by atoms with Gasteiger partial charge in [0.15, 0.2) is 0 Å². The summed E-state index contributed by atoms with van der Waals surface area (Å²) in [7, 11) is 0. The Hall–Kier alpha value is -3.93. The summed E-state index contributed by atoms with van der Waals surface area (Å²) in [5, 5.41) is 0. The number of piperazine rings is 1. The number of hydrogen-bond donors (Lipinski definition) is 0. The number of hydrogen-bond acceptors (Lipinski definition) is 4. The van der Waals surface area contributed by atoms with Crippen molar-refractivity contribution in [1.29, 1.82) is 0 Å². The lowest BCUT2D eigenvalue weighted by molar-refractivity contribution is -0.120. The fourth-order valence-electron chi connectivity index (χ4n) is 4.83. The van der Waals surface area contributed by atoms with E-state index in [2.05, 4.69) is 17.0 Å². The standard InChI is InChI=1S/C28H26FN3O2/c1-19-11-12-24(20(2)17-19)25-26(28(34)32(27(25)33)23-10-6-7-21(29)18-23)31-15-13-30(14-16-31)22-8-4-3-5-9-22/h3-12,17-18H,13-16H2,1-2H3. The van der Waals surface area contributed by atoms with Crippen molar-refractivity contribution in [3.63, 3.8) is 0 Å². The summed E-state index contributed by atoms with van der Waals surface area (Å²) in [5.74, 6) is -1.31. The van der Waals surface area contributed by atoms with Gasteiger partial charge in [-0.2, -0.15) is 0 Å². The summed E-state index contributed by atoms with van der Waals surface area (Å²) >= 11 is 0. The minimum atomic E-state index is -0.490. The van der Waals surface area contributed by atoms with Crippen LogP contribution in [0.5, 0.6) is 0 Å². The number of para-hydroxylation sites is 1. The molecule has 0 unspecified atom stereocenters. The van der Waals surface area contributed by atoms with Gasteiger partial charge in [0.1, 0.15) is 11.5 Å². The van der Waals surface area contributed by atoms with Gasteiger partial charge >= 0.3 is 0 Å². The first-order valence-electron chi connectivity index (χ1n) is 11.5. The average molecular weight is 456 g/mol. The van der Waals surface area contributed by atoms with Crippen LogP contribution < -0.4 is 9.80 Å². The molecule has 0 atom stereocenters. The van der Waals surface area contributed by atoms with E-state index in [9.17, 15) is 14.0 Å². The lowest BCUT2D eigenvalue weighted by atomic mass is 9.97. The number of nitrogens with zero attached hydrogens (tertiary/aromatic N) is 3.